The molecule has 0 saturated carbocycles. The van der Waals surface area contributed by atoms with Gasteiger partial charge in [-0.15, -0.1) is 10.2 Å². The standard InChI is InChI=1S/C18H15N7O2/c1-24(10-16-22-17(23-27-16)13-6-8-19-9-7-13)18(26)14-2-4-15(5-3-14)25-11-20-21-12-25/h2-9,11-12H,10H2,1H3. The Bertz CT molecular complexity index is 1030. The molecule has 3 heterocycles. The quantitative estimate of drug-likeness (QED) is 0.535. The predicted molar refractivity (Wildman–Crippen MR) is 94.7 cm³/mol. The molecule has 0 unspecified atom stereocenters. The van der Waals surface area contributed by atoms with Crippen LogP contribution < -0.4 is 0 Å². The Labute approximate surface area is 154 Å². The number of hydrogen-bond donors (Lipinski definition) is 0. The fourth-order valence-electron chi connectivity index (χ4n) is 2.54. The van der Waals surface area contributed by atoms with Gasteiger partial charge in [-0.05, 0) is 36.4 Å². The number of carbonyl (C=O) groups is 1. The maximum atomic E-state index is 12.6. The van der Waals surface area contributed by atoms with E-state index in [4.69, 9.17) is 4.52 Å². The zero-order valence-corrected chi connectivity index (χ0v) is 14.4. The van der Waals surface area contributed by atoms with Gasteiger partial charge in [0, 0.05) is 36.3 Å². The first-order chi connectivity index (χ1) is 13.2. The lowest BCUT2D eigenvalue weighted by Crippen LogP contribution is -2.26. The molecule has 1 amide bonds. The topological polar surface area (TPSA) is 103 Å². The number of aromatic nitrogens is 6. The molecule has 27 heavy (non-hydrogen) atoms. The van der Waals surface area contributed by atoms with Gasteiger partial charge >= 0.3 is 0 Å². The first-order valence-corrected chi connectivity index (χ1v) is 8.14. The smallest absolute Gasteiger partial charge is 0.254 e. The van der Waals surface area contributed by atoms with E-state index in [-0.39, 0.29) is 12.5 Å². The van der Waals surface area contributed by atoms with Crippen LogP contribution in [0.1, 0.15) is 16.2 Å². The molecule has 0 aliphatic rings. The molecule has 134 valence electrons. The average molecular weight is 361 g/mol. The molecule has 0 fully saturated rings. The van der Waals surface area contributed by atoms with Crippen LogP contribution in [0.2, 0.25) is 0 Å². The lowest BCUT2D eigenvalue weighted by molar-refractivity contribution is 0.0769. The molecule has 1 aromatic carbocycles. The van der Waals surface area contributed by atoms with Crippen LogP contribution in [0, 0.1) is 0 Å². The minimum atomic E-state index is -0.144. The van der Waals surface area contributed by atoms with Crippen LogP contribution in [0.3, 0.4) is 0 Å². The summed E-state index contributed by atoms with van der Waals surface area (Å²) in [7, 11) is 1.69. The van der Waals surface area contributed by atoms with Crippen molar-refractivity contribution in [2.75, 3.05) is 7.05 Å². The number of amides is 1. The molecular weight excluding hydrogens is 346 g/mol. The summed E-state index contributed by atoms with van der Waals surface area (Å²) in [4.78, 5) is 22.4. The van der Waals surface area contributed by atoms with Gasteiger partial charge < -0.3 is 9.42 Å². The molecule has 0 aliphatic heterocycles. The van der Waals surface area contributed by atoms with Crippen LogP contribution in [-0.2, 0) is 6.54 Å². The average Bonchev–Trinajstić information content (AvgIpc) is 3.40. The van der Waals surface area contributed by atoms with E-state index in [0.717, 1.165) is 11.3 Å². The van der Waals surface area contributed by atoms with Gasteiger partial charge in [-0.25, -0.2) is 0 Å². The van der Waals surface area contributed by atoms with Crippen molar-refractivity contribution in [1.82, 2.24) is 34.8 Å². The number of nitrogens with zero attached hydrogens (tertiary/aromatic N) is 7. The highest BCUT2D eigenvalue weighted by Gasteiger charge is 2.16. The maximum Gasteiger partial charge on any atom is 0.254 e. The van der Waals surface area contributed by atoms with E-state index in [1.807, 2.05) is 12.1 Å². The summed E-state index contributed by atoms with van der Waals surface area (Å²) in [5, 5.41) is 11.5. The fraction of sp³-hybridized carbons (Fsp3) is 0.111. The van der Waals surface area contributed by atoms with Crippen LogP contribution in [0.25, 0.3) is 17.1 Å². The van der Waals surface area contributed by atoms with Crippen molar-refractivity contribution in [3.05, 3.63) is 72.9 Å². The third kappa shape index (κ3) is 3.56. The first kappa shape index (κ1) is 16.6. The first-order valence-electron chi connectivity index (χ1n) is 8.14. The SMILES string of the molecule is CN(Cc1nc(-c2ccncc2)no1)C(=O)c1ccc(-n2cnnc2)cc1. The number of pyridine rings is 1. The Morgan fingerprint density at radius 1 is 1.07 bits per heavy atom. The Hall–Kier alpha value is -3.88. The van der Waals surface area contributed by atoms with E-state index in [0.29, 0.717) is 17.3 Å². The van der Waals surface area contributed by atoms with Crippen LogP contribution in [0.4, 0.5) is 0 Å². The third-order valence-corrected chi connectivity index (χ3v) is 3.96. The van der Waals surface area contributed by atoms with Gasteiger partial charge in [0.25, 0.3) is 5.91 Å². The summed E-state index contributed by atoms with van der Waals surface area (Å²) in [6.07, 6.45) is 6.51. The molecule has 3 aromatic heterocycles. The van der Waals surface area contributed by atoms with Crippen LogP contribution >= 0.6 is 0 Å². The van der Waals surface area contributed by atoms with E-state index >= 15 is 0 Å². The highest BCUT2D eigenvalue weighted by molar-refractivity contribution is 5.94. The summed E-state index contributed by atoms with van der Waals surface area (Å²) in [5.74, 6) is 0.680. The third-order valence-electron chi connectivity index (χ3n) is 3.96. The van der Waals surface area contributed by atoms with Crippen LogP contribution in [-0.4, -0.2) is 47.7 Å². The molecule has 9 nitrogen and oxygen atoms in total. The molecule has 0 radical (unpaired) electrons. The van der Waals surface area contributed by atoms with Crippen molar-refractivity contribution >= 4 is 5.91 Å². The second-order valence-electron chi connectivity index (χ2n) is 5.82. The van der Waals surface area contributed by atoms with E-state index in [9.17, 15) is 4.79 Å². The normalized spacial score (nSPS) is 10.7. The van der Waals surface area contributed by atoms with Crippen molar-refractivity contribution in [1.29, 1.82) is 0 Å². The highest BCUT2D eigenvalue weighted by Crippen LogP contribution is 2.16. The van der Waals surface area contributed by atoms with Crippen molar-refractivity contribution < 1.29 is 9.32 Å². The molecule has 0 N–H and O–H groups in total. The summed E-state index contributed by atoms with van der Waals surface area (Å²) in [6, 6.07) is 10.8. The molecule has 0 saturated heterocycles. The lowest BCUT2D eigenvalue weighted by Gasteiger charge is -2.15. The van der Waals surface area contributed by atoms with Crippen molar-refractivity contribution in [2.45, 2.75) is 6.54 Å². The summed E-state index contributed by atoms with van der Waals surface area (Å²) >= 11 is 0. The van der Waals surface area contributed by atoms with Crippen molar-refractivity contribution in [2.24, 2.45) is 0 Å². The van der Waals surface area contributed by atoms with E-state index in [1.165, 1.54) is 4.90 Å². The van der Waals surface area contributed by atoms with Crippen molar-refractivity contribution in [3.63, 3.8) is 0 Å². The van der Waals surface area contributed by atoms with Gasteiger partial charge in [-0.1, -0.05) is 5.16 Å². The second kappa shape index (κ2) is 7.16. The zero-order valence-electron chi connectivity index (χ0n) is 14.4. The van der Waals surface area contributed by atoms with E-state index in [1.54, 1.807) is 60.9 Å². The molecule has 4 rings (SSSR count). The molecule has 0 atom stereocenters. The summed E-state index contributed by atoms with van der Waals surface area (Å²) < 4.78 is 7.01. The lowest BCUT2D eigenvalue weighted by atomic mass is 10.2. The zero-order chi connectivity index (χ0) is 18.6. The van der Waals surface area contributed by atoms with Gasteiger partial charge in [-0.2, -0.15) is 4.98 Å². The Morgan fingerprint density at radius 3 is 2.48 bits per heavy atom. The number of carbonyl (C=O) groups excluding carboxylic acids is 1. The van der Waals surface area contributed by atoms with E-state index < -0.39 is 0 Å². The summed E-state index contributed by atoms with van der Waals surface area (Å²) in [5.41, 5.74) is 2.24. The number of benzene rings is 1. The predicted octanol–water partition coefficient (Wildman–Crippen LogP) is 1.98. The minimum Gasteiger partial charge on any atom is -0.337 e. The van der Waals surface area contributed by atoms with E-state index in [2.05, 4.69) is 25.3 Å². The summed E-state index contributed by atoms with van der Waals surface area (Å²) in [6.45, 7) is 0.212. The van der Waals surface area contributed by atoms with Gasteiger partial charge in [0.15, 0.2) is 0 Å². The molecular formula is C18H15N7O2. The van der Waals surface area contributed by atoms with Gasteiger partial charge in [0.05, 0.1) is 6.54 Å². The van der Waals surface area contributed by atoms with Gasteiger partial charge in [0.2, 0.25) is 11.7 Å². The molecule has 0 aliphatic carbocycles. The number of rotatable bonds is 5. The maximum absolute atomic E-state index is 12.6. The number of hydrogen-bond acceptors (Lipinski definition) is 7. The minimum absolute atomic E-state index is 0.144. The van der Waals surface area contributed by atoms with Crippen molar-refractivity contribution in [3.8, 4) is 17.1 Å². The molecule has 4 aromatic rings. The monoisotopic (exact) mass is 361 g/mol. The fourth-order valence-corrected chi connectivity index (χ4v) is 2.54. The van der Waals surface area contributed by atoms with Crippen LogP contribution in [0.5, 0.6) is 0 Å². The molecule has 0 spiro atoms. The Kier molecular flexibility index (Phi) is 4.40. The second-order valence-corrected chi connectivity index (χ2v) is 5.82. The molecule has 9 heteroatoms. The largest absolute Gasteiger partial charge is 0.337 e. The van der Waals surface area contributed by atoms with Gasteiger partial charge in [-0.3, -0.25) is 14.3 Å². The molecule has 0 bridgehead atoms. The Morgan fingerprint density at radius 2 is 1.78 bits per heavy atom. The van der Waals surface area contributed by atoms with Crippen LogP contribution in [0.15, 0.2) is 66.0 Å². The Balaban J connectivity index is 1.44. The highest BCUT2D eigenvalue weighted by atomic mass is 16.5. The van der Waals surface area contributed by atoms with Gasteiger partial charge in [0.1, 0.15) is 12.7 Å².